The Hall–Kier alpha value is -2.52. The lowest BCUT2D eigenvalue weighted by molar-refractivity contribution is -0.144. The number of carbonyl (C=O) groups excluding carboxylic acids is 1. The summed E-state index contributed by atoms with van der Waals surface area (Å²) in [4.78, 5) is 30.4. The molecule has 2 heterocycles. The standard InChI is InChI=1S/C29H47N3O6/c1-5-7-12-31(13-9-8-11-30)26(33)18-32-17-22(27(29(34)35)23(32)14-20(3)10-6-2)21-15-24(36-4)28-25(16-21)37-19-38-28/h15-16,20,22-23,27H,5-14,17-19,30H2,1-4H3,(H,34,35)/t20?,22-,23+,27?/m1/s1. The molecule has 214 valence electrons. The summed E-state index contributed by atoms with van der Waals surface area (Å²) in [6, 6.07) is 3.51. The minimum Gasteiger partial charge on any atom is -0.493 e. The smallest absolute Gasteiger partial charge is 0.308 e. The van der Waals surface area contributed by atoms with Crippen molar-refractivity contribution >= 4 is 11.9 Å². The van der Waals surface area contributed by atoms with E-state index in [1.165, 1.54) is 0 Å². The molecule has 4 atom stereocenters. The first kappa shape index (κ1) is 30.0. The molecule has 3 rings (SSSR count). The van der Waals surface area contributed by atoms with Gasteiger partial charge in [-0.15, -0.1) is 0 Å². The second-order valence-electron chi connectivity index (χ2n) is 10.8. The van der Waals surface area contributed by atoms with Crippen LogP contribution < -0.4 is 19.9 Å². The van der Waals surface area contributed by atoms with Crippen LogP contribution in [0.5, 0.6) is 17.2 Å². The van der Waals surface area contributed by atoms with E-state index in [4.69, 9.17) is 19.9 Å². The molecule has 0 bridgehead atoms. The highest BCUT2D eigenvalue weighted by atomic mass is 16.7. The Morgan fingerprint density at radius 2 is 1.95 bits per heavy atom. The van der Waals surface area contributed by atoms with E-state index in [-0.39, 0.29) is 31.2 Å². The summed E-state index contributed by atoms with van der Waals surface area (Å²) in [5.41, 5.74) is 6.53. The first-order valence-corrected chi connectivity index (χ1v) is 14.3. The van der Waals surface area contributed by atoms with Gasteiger partial charge in [-0.05, 0) is 55.8 Å². The van der Waals surface area contributed by atoms with E-state index < -0.39 is 11.9 Å². The molecule has 1 aromatic carbocycles. The molecule has 9 heteroatoms. The van der Waals surface area contributed by atoms with Crippen molar-refractivity contribution in [3.63, 3.8) is 0 Å². The number of rotatable bonds is 16. The third kappa shape index (κ3) is 7.32. The number of ether oxygens (including phenoxy) is 3. The summed E-state index contributed by atoms with van der Waals surface area (Å²) in [6.45, 7) is 9.28. The number of fused-ring (bicyclic) bond motifs is 1. The second-order valence-corrected chi connectivity index (χ2v) is 10.8. The Balaban J connectivity index is 1.91. The average molecular weight is 534 g/mol. The molecule has 0 aromatic heterocycles. The minimum absolute atomic E-state index is 0.0664. The van der Waals surface area contributed by atoms with Gasteiger partial charge in [0.15, 0.2) is 11.5 Å². The number of unbranched alkanes of at least 4 members (excludes halogenated alkanes) is 2. The number of methoxy groups -OCH3 is 1. The topological polar surface area (TPSA) is 115 Å². The van der Waals surface area contributed by atoms with Gasteiger partial charge in [-0.2, -0.15) is 0 Å². The quantitative estimate of drug-likeness (QED) is 0.306. The van der Waals surface area contributed by atoms with Crippen LogP contribution in [0, 0.1) is 11.8 Å². The molecule has 1 saturated heterocycles. The van der Waals surface area contributed by atoms with E-state index in [2.05, 4.69) is 25.7 Å². The van der Waals surface area contributed by atoms with Crippen molar-refractivity contribution in [3.8, 4) is 17.2 Å². The maximum absolute atomic E-state index is 13.6. The largest absolute Gasteiger partial charge is 0.493 e. The number of likely N-dealkylation sites (tertiary alicyclic amines) is 1. The zero-order chi connectivity index (χ0) is 27.7. The summed E-state index contributed by atoms with van der Waals surface area (Å²) >= 11 is 0. The number of carboxylic acid groups (broad SMARTS) is 1. The van der Waals surface area contributed by atoms with Crippen LogP contribution in [-0.2, 0) is 9.59 Å². The van der Waals surface area contributed by atoms with Crippen LogP contribution >= 0.6 is 0 Å². The number of hydrogen-bond donors (Lipinski definition) is 2. The SMILES string of the molecule is CCCCN(CCCCN)C(=O)CN1C[C@H](c2cc(OC)c3c(c2)OCO3)C(C(=O)O)[C@@H]1CC(C)CCC. The normalized spacial score (nSPS) is 21.4. The molecule has 0 saturated carbocycles. The molecule has 1 amide bonds. The van der Waals surface area contributed by atoms with Crippen LogP contribution in [0.3, 0.4) is 0 Å². The van der Waals surface area contributed by atoms with Gasteiger partial charge in [-0.25, -0.2) is 0 Å². The minimum atomic E-state index is -0.832. The third-order valence-corrected chi connectivity index (χ3v) is 7.92. The molecule has 2 unspecified atom stereocenters. The molecule has 2 aliphatic rings. The van der Waals surface area contributed by atoms with E-state index in [1.807, 2.05) is 17.0 Å². The number of hydrogen-bond acceptors (Lipinski definition) is 7. The molecule has 38 heavy (non-hydrogen) atoms. The zero-order valence-electron chi connectivity index (χ0n) is 23.6. The Morgan fingerprint density at radius 3 is 2.61 bits per heavy atom. The van der Waals surface area contributed by atoms with Crippen molar-refractivity contribution in [2.75, 3.05) is 46.6 Å². The van der Waals surface area contributed by atoms with Gasteiger partial charge in [0.05, 0.1) is 19.6 Å². The van der Waals surface area contributed by atoms with Crippen LogP contribution in [0.15, 0.2) is 12.1 Å². The molecule has 1 fully saturated rings. The summed E-state index contributed by atoms with van der Waals surface area (Å²) in [5, 5.41) is 10.5. The molecule has 3 N–H and O–H groups in total. The number of carboxylic acids is 1. The van der Waals surface area contributed by atoms with Gasteiger partial charge in [0.25, 0.3) is 0 Å². The van der Waals surface area contributed by atoms with E-state index in [1.54, 1.807) is 7.11 Å². The van der Waals surface area contributed by atoms with Crippen LogP contribution in [0.1, 0.15) is 77.2 Å². The fourth-order valence-corrected chi connectivity index (χ4v) is 5.94. The second kappa shape index (κ2) is 14.6. The highest BCUT2D eigenvalue weighted by Gasteiger charge is 2.48. The monoisotopic (exact) mass is 533 g/mol. The molecule has 0 aliphatic carbocycles. The lowest BCUT2D eigenvalue weighted by Gasteiger charge is -2.31. The van der Waals surface area contributed by atoms with Crippen molar-refractivity contribution in [2.45, 2.75) is 77.7 Å². The molecule has 9 nitrogen and oxygen atoms in total. The first-order chi connectivity index (χ1) is 18.3. The van der Waals surface area contributed by atoms with E-state index in [0.717, 1.165) is 57.1 Å². The first-order valence-electron chi connectivity index (χ1n) is 14.3. The van der Waals surface area contributed by atoms with Crippen molar-refractivity contribution in [1.82, 2.24) is 9.80 Å². The van der Waals surface area contributed by atoms with Gasteiger partial charge in [0.1, 0.15) is 0 Å². The summed E-state index contributed by atoms with van der Waals surface area (Å²) in [7, 11) is 1.57. The van der Waals surface area contributed by atoms with E-state index >= 15 is 0 Å². The Bertz CT molecular complexity index is 926. The molecule has 0 spiro atoms. The highest BCUT2D eigenvalue weighted by molar-refractivity contribution is 5.79. The van der Waals surface area contributed by atoms with Gasteiger partial charge < -0.3 is 30.0 Å². The van der Waals surface area contributed by atoms with Gasteiger partial charge >= 0.3 is 5.97 Å². The van der Waals surface area contributed by atoms with Crippen LogP contribution in [0.4, 0.5) is 0 Å². The Kier molecular flexibility index (Phi) is 11.5. The number of nitrogens with two attached hydrogens (primary N) is 1. The highest BCUT2D eigenvalue weighted by Crippen LogP contribution is 2.47. The fraction of sp³-hybridized carbons (Fsp3) is 0.724. The van der Waals surface area contributed by atoms with Crippen LogP contribution in [0.25, 0.3) is 0 Å². The van der Waals surface area contributed by atoms with Gasteiger partial charge in [-0.1, -0.05) is 40.0 Å². The van der Waals surface area contributed by atoms with Crippen molar-refractivity contribution in [1.29, 1.82) is 0 Å². The van der Waals surface area contributed by atoms with Crippen LogP contribution in [-0.4, -0.2) is 79.5 Å². The van der Waals surface area contributed by atoms with Gasteiger partial charge in [0.2, 0.25) is 18.4 Å². The van der Waals surface area contributed by atoms with Gasteiger partial charge in [-0.3, -0.25) is 14.5 Å². The van der Waals surface area contributed by atoms with E-state index in [9.17, 15) is 14.7 Å². The predicted molar refractivity (Wildman–Crippen MR) is 147 cm³/mol. The molecular weight excluding hydrogens is 486 g/mol. The van der Waals surface area contributed by atoms with Crippen molar-refractivity contribution in [3.05, 3.63) is 17.7 Å². The van der Waals surface area contributed by atoms with Gasteiger partial charge in [0, 0.05) is 31.6 Å². The maximum atomic E-state index is 13.6. The summed E-state index contributed by atoms with van der Waals surface area (Å²) in [5.74, 6) is 0.297. The Morgan fingerprint density at radius 1 is 1.18 bits per heavy atom. The average Bonchev–Trinajstić information content (AvgIpc) is 3.50. The molecule has 2 aliphatic heterocycles. The number of aliphatic carboxylic acids is 1. The number of amides is 1. The maximum Gasteiger partial charge on any atom is 0.308 e. The number of benzene rings is 1. The molecule has 1 aromatic rings. The van der Waals surface area contributed by atoms with Crippen molar-refractivity contribution in [2.24, 2.45) is 17.6 Å². The van der Waals surface area contributed by atoms with Crippen molar-refractivity contribution < 1.29 is 28.9 Å². The lowest BCUT2D eigenvalue weighted by Crippen LogP contribution is -2.45. The third-order valence-electron chi connectivity index (χ3n) is 7.92. The van der Waals surface area contributed by atoms with E-state index in [0.29, 0.717) is 42.8 Å². The number of carbonyl (C=O) groups is 2. The summed E-state index contributed by atoms with van der Waals surface area (Å²) in [6.07, 6.45) is 6.51. The van der Waals surface area contributed by atoms with Crippen LogP contribution in [0.2, 0.25) is 0 Å². The number of nitrogens with zero attached hydrogens (tertiary/aromatic N) is 2. The molecular formula is C29H47N3O6. The predicted octanol–water partition coefficient (Wildman–Crippen LogP) is 4.09. The zero-order valence-corrected chi connectivity index (χ0v) is 23.6. The lowest BCUT2D eigenvalue weighted by atomic mass is 9.81. The summed E-state index contributed by atoms with van der Waals surface area (Å²) < 4.78 is 16.7. The fourth-order valence-electron chi connectivity index (χ4n) is 5.94. The molecule has 0 radical (unpaired) electrons. The Labute approximate surface area is 227 Å².